The number of nitrogens with two attached hydrogens (primary N) is 2. The van der Waals surface area contributed by atoms with Gasteiger partial charge in [0.25, 0.3) is 0 Å². The molecular formula is C49H68N12O16P2. The molecule has 4 aromatic heterocycles. The third-order valence-electron chi connectivity index (χ3n) is 9.66. The summed E-state index contributed by atoms with van der Waals surface area (Å²) < 4.78 is 68.6. The van der Waals surface area contributed by atoms with Crippen LogP contribution in [-0.4, -0.2) is 135 Å². The van der Waals surface area contributed by atoms with Crippen LogP contribution in [0, 0.1) is 0 Å². The van der Waals surface area contributed by atoms with Crippen molar-refractivity contribution in [1.29, 1.82) is 0 Å². The van der Waals surface area contributed by atoms with Gasteiger partial charge in [-0.05, 0) is 79.7 Å². The van der Waals surface area contributed by atoms with Crippen LogP contribution in [0.15, 0.2) is 98.1 Å². The SMILES string of the molecule is CC(C)OC(=O)C(C)NP(=O)(COC(C)Cn1cnc2c(N)ncnc21)Oc1ccccc1.CC(C)OC(=O)[C@H](C)NP(=O)(COC(C)Cn1cnc2c(N)ncnc21)Oc1ccccc1.COC(C)=O.O=C(O)/C=C/C(=O)O. The standard InChI is InChI=1S/2C21H29N6O5P.C4H4O4.C3H6O2/c2*1-14(2)31-21(28)16(4)26-33(29,32-17-8-6-5-7-9-17)13-30-15(3)10-27-12-25-18-19(22)23-11-24-20(18)27;5-3(6)1-2-4(7)8;1-3(4)5-2/h2*5-9,11-12,14-16H,10,13H2,1-4H3,(H,26,29)(H2,22,23,24);1-2H,(H,5,6)(H,7,8);1-2H3/b;;2-1+;/t15?,16-,33?;;;/m0.../s1. The highest BCUT2D eigenvalue weighted by Crippen LogP contribution is 2.45. The van der Waals surface area contributed by atoms with Gasteiger partial charge >= 0.3 is 44.9 Å². The van der Waals surface area contributed by atoms with E-state index < -0.39 is 51.0 Å². The third-order valence-corrected chi connectivity index (χ3v) is 13.2. The number of benzene rings is 2. The van der Waals surface area contributed by atoms with Crippen molar-refractivity contribution in [2.24, 2.45) is 0 Å². The van der Waals surface area contributed by atoms with Crippen molar-refractivity contribution in [3.05, 3.63) is 98.1 Å². The van der Waals surface area contributed by atoms with E-state index in [1.54, 1.807) is 112 Å². The summed E-state index contributed by atoms with van der Waals surface area (Å²) in [5, 5.41) is 21.2. The molecule has 28 nitrogen and oxygen atoms in total. The fourth-order valence-corrected chi connectivity index (χ4v) is 9.74. The van der Waals surface area contributed by atoms with Crippen LogP contribution in [0.1, 0.15) is 62.3 Å². The number of nitrogens with zero attached hydrogens (tertiary/aromatic N) is 8. The zero-order valence-electron chi connectivity index (χ0n) is 45.3. The van der Waals surface area contributed by atoms with Gasteiger partial charge in [-0.1, -0.05) is 36.4 Å². The Morgan fingerprint density at radius 1 is 0.595 bits per heavy atom. The molecule has 0 bridgehead atoms. The lowest BCUT2D eigenvalue weighted by Crippen LogP contribution is -2.37. The van der Waals surface area contributed by atoms with Crippen LogP contribution in [0.25, 0.3) is 22.3 Å². The number of hydrogen-bond donors (Lipinski definition) is 6. The highest BCUT2D eigenvalue weighted by molar-refractivity contribution is 7.57. The van der Waals surface area contributed by atoms with Crippen LogP contribution in [0.3, 0.4) is 0 Å². The lowest BCUT2D eigenvalue weighted by atomic mass is 10.3. The number of carboxylic acids is 2. The van der Waals surface area contributed by atoms with Crippen molar-refractivity contribution >= 4 is 78.8 Å². The molecule has 430 valence electrons. The molecule has 0 aliphatic heterocycles. The van der Waals surface area contributed by atoms with Gasteiger partial charge in [-0.25, -0.2) is 49.7 Å². The number of anilines is 2. The van der Waals surface area contributed by atoms with Crippen LogP contribution in [0.2, 0.25) is 0 Å². The number of esters is 3. The molecule has 79 heavy (non-hydrogen) atoms. The lowest BCUT2D eigenvalue weighted by Gasteiger charge is -2.25. The highest BCUT2D eigenvalue weighted by Gasteiger charge is 2.33. The van der Waals surface area contributed by atoms with Gasteiger partial charge in [0.2, 0.25) is 0 Å². The quantitative estimate of drug-likeness (QED) is 0.0179. The van der Waals surface area contributed by atoms with E-state index in [9.17, 15) is 33.1 Å². The third kappa shape index (κ3) is 23.7. The Bertz CT molecular complexity index is 2840. The zero-order valence-corrected chi connectivity index (χ0v) is 47.1. The summed E-state index contributed by atoms with van der Waals surface area (Å²) in [7, 11) is -5.93. The van der Waals surface area contributed by atoms with Crippen molar-refractivity contribution < 1.29 is 76.0 Å². The van der Waals surface area contributed by atoms with Crippen molar-refractivity contribution in [2.75, 3.05) is 31.3 Å². The van der Waals surface area contributed by atoms with E-state index in [2.05, 4.69) is 44.8 Å². The van der Waals surface area contributed by atoms with Gasteiger partial charge in [0.05, 0.1) is 57.3 Å². The maximum atomic E-state index is 13.6. The van der Waals surface area contributed by atoms with Gasteiger partial charge < -0.3 is 63.5 Å². The number of nitrogen functional groups attached to an aromatic ring is 2. The normalized spacial score (nSPS) is 14.1. The molecule has 4 heterocycles. The van der Waals surface area contributed by atoms with Gasteiger partial charge in [0.1, 0.15) is 60.0 Å². The van der Waals surface area contributed by atoms with E-state index in [-0.39, 0.29) is 43.1 Å². The number of methoxy groups -OCH3 is 1. The van der Waals surface area contributed by atoms with Crippen molar-refractivity contribution in [2.45, 2.75) is 112 Å². The van der Waals surface area contributed by atoms with Gasteiger partial charge in [-0.3, -0.25) is 23.5 Å². The van der Waals surface area contributed by atoms with Gasteiger partial charge in [0.15, 0.2) is 22.9 Å². The molecular weight excluding hydrogens is 1070 g/mol. The molecule has 30 heteroatoms. The number of imidazole rings is 2. The van der Waals surface area contributed by atoms with E-state index >= 15 is 0 Å². The molecule has 6 rings (SSSR count). The Balaban J connectivity index is 0.000000339. The minimum atomic E-state index is -3.64. The number of carbonyl (C=O) groups excluding carboxylic acids is 3. The molecule has 0 saturated heterocycles. The number of fused-ring (bicyclic) bond motifs is 2. The number of hydrogen-bond acceptors (Lipinski definition) is 22. The second-order valence-corrected chi connectivity index (χ2v) is 21.5. The number of ether oxygens (including phenoxy) is 5. The van der Waals surface area contributed by atoms with Crippen LogP contribution >= 0.6 is 15.0 Å². The number of nitrogens with one attached hydrogen (secondary N) is 2. The Hall–Kier alpha value is -7.87. The monoisotopic (exact) mass is 1140 g/mol. The predicted octanol–water partition coefficient (Wildman–Crippen LogP) is 5.84. The van der Waals surface area contributed by atoms with Gasteiger partial charge in [-0.15, -0.1) is 0 Å². The average molecular weight is 1140 g/mol. The molecule has 8 N–H and O–H groups in total. The molecule has 0 aliphatic carbocycles. The number of carboxylic acid groups (broad SMARTS) is 2. The molecule has 0 amide bonds. The molecule has 0 saturated carbocycles. The summed E-state index contributed by atoms with van der Waals surface area (Å²) in [6, 6.07) is 15.7. The Morgan fingerprint density at radius 2 is 0.937 bits per heavy atom. The maximum absolute atomic E-state index is 13.6. The highest BCUT2D eigenvalue weighted by atomic mass is 31.2. The number of rotatable bonds is 24. The van der Waals surface area contributed by atoms with Crippen molar-refractivity contribution in [3.8, 4) is 11.5 Å². The Morgan fingerprint density at radius 3 is 1.24 bits per heavy atom. The smallest absolute Gasteiger partial charge is 0.342 e. The first-order chi connectivity index (χ1) is 37.2. The average Bonchev–Trinajstić information content (AvgIpc) is 4.00. The first kappa shape index (κ1) is 65.4. The van der Waals surface area contributed by atoms with Crippen molar-refractivity contribution in [3.63, 3.8) is 0 Å². The second kappa shape index (κ2) is 32.1. The summed E-state index contributed by atoms with van der Waals surface area (Å²) in [5.41, 5.74) is 13.8. The fraction of sp³-hybridized carbons (Fsp3) is 0.408. The molecule has 0 aliphatic rings. The number of carbonyl (C=O) groups is 5. The molecule has 2 aromatic carbocycles. The van der Waals surface area contributed by atoms with Crippen molar-refractivity contribution in [1.82, 2.24) is 49.2 Å². The van der Waals surface area contributed by atoms with Crippen LogP contribution in [0.4, 0.5) is 11.6 Å². The number of para-hydroxylation sites is 2. The molecule has 0 radical (unpaired) electrons. The van der Waals surface area contributed by atoms with Gasteiger partial charge in [0, 0.05) is 19.1 Å². The first-order valence-electron chi connectivity index (χ1n) is 24.1. The minimum absolute atomic E-state index is 0.245. The summed E-state index contributed by atoms with van der Waals surface area (Å²) in [6.45, 7) is 15.9. The van der Waals surface area contributed by atoms with E-state index in [0.717, 1.165) is 0 Å². The van der Waals surface area contributed by atoms with E-state index in [1.165, 1.54) is 26.7 Å². The minimum Gasteiger partial charge on any atom is -0.478 e. The molecule has 0 spiro atoms. The Labute approximate surface area is 455 Å². The fourth-order valence-electron chi connectivity index (χ4n) is 6.16. The Kier molecular flexibility index (Phi) is 26.6. The van der Waals surface area contributed by atoms with Gasteiger partial charge in [-0.2, -0.15) is 0 Å². The van der Waals surface area contributed by atoms with Crippen LogP contribution < -0.4 is 30.7 Å². The number of aromatic nitrogens is 8. The molecule has 0 fully saturated rings. The van der Waals surface area contributed by atoms with Crippen LogP contribution in [0.5, 0.6) is 11.5 Å². The molecule has 5 unspecified atom stereocenters. The molecule has 6 atom stereocenters. The maximum Gasteiger partial charge on any atom is 0.342 e. The summed E-state index contributed by atoms with van der Waals surface area (Å²) in [5.74, 6) is -2.46. The largest absolute Gasteiger partial charge is 0.478 e. The number of aliphatic carboxylic acids is 2. The predicted molar refractivity (Wildman–Crippen MR) is 289 cm³/mol. The summed E-state index contributed by atoms with van der Waals surface area (Å²) >= 11 is 0. The first-order valence-corrected chi connectivity index (χ1v) is 27.7. The topological polar surface area (TPSA) is 388 Å². The van der Waals surface area contributed by atoms with Crippen LogP contribution in [-0.2, 0) is 69.9 Å². The zero-order chi connectivity index (χ0) is 58.9. The van der Waals surface area contributed by atoms with E-state index in [1.807, 2.05) is 26.0 Å². The summed E-state index contributed by atoms with van der Waals surface area (Å²) in [6.07, 6.45) is 5.14. The van der Waals surface area contributed by atoms with E-state index in [0.29, 0.717) is 70.7 Å². The lowest BCUT2D eigenvalue weighted by molar-refractivity contribution is -0.149. The molecule has 6 aromatic rings. The second-order valence-electron chi connectivity index (χ2n) is 17.4. The summed E-state index contributed by atoms with van der Waals surface area (Å²) in [4.78, 5) is 77.9. The van der Waals surface area contributed by atoms with E-state index in [4.69, 9.17) is 49.7 Å².